The molecule has 0 spiro atoms. The second kappa shape index (κ2) is 16.9. The molecule has 0 unspecified atom stereocenters. The van der Waals surface area contributed by atoms with Gasteiger partial charge in [0.15, 0.2) is 0 Å². The van der Waals surface area contributed by atoms with Crippen LogP contribution in [-0.2, 0) is 0 Å². The van der Waals surface area contributed by atoms with E-state index in [1.807, 2.05) is 57.2 Å². The van der Waals surface area contributed by atoms with Crippen molar-refractivity contribution in [3.63, 3.8) is 0 Å². The Morgan fingerprint density at radius 1 is 0.736 bits per heavy atom. The summed E-state index contributed by atoms with van der Waals surface area (Å²) in [5.74, 6) is -1.90. The first kappa shape index (κ1) is 37.4. The number of pyridine rings is 2. The summed E-state index contributed by atoms with van der Waals surface area (Å²) in [5.41, 5.74) is 6.30. The maximum absolute atomic E-state index is 14.1. The fraction of sp³-hybridized carbons (Fsp3) is 0.122. The number of hydrogen-bond donors (Lipinski definition) is 4. The van der Waals surface area contributed by atoms with Gasteiger partial charge in [0.05, 0.1) is 71.4 Å². The van der Waals surface area contributed by atoms with E-state index >= 15 is 0 Å². The van der Waals surface area contributed by atoms with Gasteiger partial charge in [0.25, 0.3) is 0 Å². The van der Waals surface area contributed by atoms with Crippen LogP contribution in [0.2, 0.25) is 0 Å². The standard InChI is InChI=1S/C21H19FN2O3.C20H17FN2O3/c1-3-27-15-6-7-18(22)16(11-15)19-9-5-14(12-23-19)24-20-8-4-13(2)10-17(20)21(25)26;1-12-8-15(23-18-7-6-14(21)10-17(18)20(24)25)11-22-19(12)13-4-3-5-16(9-13)26-2/h4-12,24H,3H2,1-2H3,(H,25,26);3-11,23H,1-2H3,(H,24,25). The minimum absolute atomic E-state index is 0.139. The van der Waals surface area contributed by atoms with Gasteiger partial charge in [0.2, 0.25) is 0 Å². The normalized spacial score (nSPS) is 10.5. The molecule has 4 aromatic carbocycles. The summed E-state index contributed by atoms with van der Waals surface area (Å²) in [5, 5.41) is 24.6. The van der Waals surface area contributed by atoms with Crippen molar-refractivity contribution in [1.82, 2.24) is 9.97 Å². The van der Waals surface area contributed by atoms with Gasteiger partial charge in [-0.15, -0.1) is 0 Å². The van der Waals surface area contributed by atoms with Crippen molar-refractivity contribution < 1.29 is 38.1 Å². The molecule has 10 nitrogen and oxygen atoms in total. The molecule has 4 N–H and O–H groups in total. The summed E-state index contributed by atoms with van der Waals surface area (Å²) in [7, 11) is 1.61. The van der Waals surface area contributed by atoms with Crippen molar-refractivity contribution in [2.45, 2.75) is 20.8 Å². The number of aryl methyl sites for hydroxylation is 2. The molecule has 2 aromatic heterocycles. The van der Waals surface area contributed by atoms with Gasteiger partial charge in [-0.3, -0.25) is 9.97 Å². The van der Waals surface area contributed by atoms with Crippen LogP contribution in [0.1, 0.15) is 38.8 Å². The lowest BCUT2D eigenvalue weighted by Gasteiger charge is -2.12. The molecule has 0 radical (unpaired) electrons. The summed E-state index contributed by atoms with van der Waals surface area (Å²) in [4.78, 5) is 31.5. The third-order valence-electron chi connectivity index (χ3n) is 7.89. The molecular formula is C41H36F2N4O6. The predicted octanol–water partition coefficient (Wildman–Crippen LogP) is 9.68. The van der Waals surface area contributed by atoms with E-state index in [0.717, 1.165) is 34.2 Å². The zero-order valence-corrected chi connectivity index (χ0v) is 29.3. The molecule has 0 saturated carbocycles. The zero-order valence-electron chi connectivity index (χ0n) is 29.3. The number of anilines is 4. The van der Waals surface area contributed by atoms with Crippen LogP contribution < -0.4 is 20.1 Å². The fourth-order valence-electron chi connectivity index (χ4n) is 5.36. The van der Waals surface area contributed by atoms with Crippen LogP contribution in [0.4, 0.5) is 31.5 Å². The van der Waals surface area contributed by atoms with E-state index in [-0.39, 0.29) is 11.1 Å². The number of benzene rings is 4. The van der Waals surface area contributed by atoms with Crippen molar-refractivity contribution in [1.29, 1.82) is 0 Å². The number of aromatic carboxylic acids is 2. The first-order valence-corrected chi connectivity index (χ1v) is 16.4. The van der Waals surface area contributed by atoms with Gasteiger partial charge in [-0.25, -0.2) is 18.4 Å². The van der Waals surface area contributed by atoms with Crippen LogP contribution in [0.5, 0.6) is 11.5 Å². The number of nitrogens with zero attached hydrogens (tertiary/aromatic N) is 2. The highest BCUT2D eigenvalue weighted by atomic mass is 19.1. The summed E-state index contributed by atoms with van der Waals surface area (Å²) < 4.78 is 38.1. The highest BCUT2D eigenvalue weighted by molar-refractivity contribution is 5.96. The number of halogens is 2. The van der Waals surface area contributed by atoms with Crippen molar-refractivity contribution in [2.24, 2.45) is 0 Å². The van der Waals surface area contributed by atoms with Gasteiger partial charge in [0, 0.05) is 11.1 Å². The number of carbonyl (C=O) groups is 2. The van der Waals surface area contributed by atoms with Gasteiger partial charge in [-0.05, 0) is 105 Å². The largest absolute Gasteiger partial charge is 0.497 e. The molecule has 0 atom stereocenters. The third kappa shape index (κ3) is 9.50. The van der Waals surface area contributed by atoms with Crippen LogP contribution in [0, 0.1) is 25.5 Å². The molecule has 0 bridgehead atoms. The SMILES string of the molecule is CCOc1ccc(F)c(-c2ccc(Nc3ccc(C)cc3C(=O)O)cn2)c1.COc1cccc(-c2ncc(Nc3ccc(F)cc3C(=O)O)cc2C)c1. The quantitative estimate of drug-likeness (QED) is 0.102. The van der Waals surface area contributed by atoms with Crippen molar-refractivity contribution in [3.05, 3.63) is 143 Å². The fourth-order valence-corrected chi connectivity index (χ4v) is 5.36. The Bertz CT molecular complexity index is 2260. The molecule has 0 aliphatic rings. The molecule has 270 valence electrons. The van der Waals surface area contributed by atoms with Crippen molar-refractivity contribution in [3.8, 4) is 34.0 Å². The summed E-state index contributed by atoms with van der Waals surface area (Å²) in [6.07, 6.45) is 3.14. The van der Waals surface area contributed by atoms with Gasteiger partial charge in [-0.2, -0.15) is 0 Å². The Balaban J connectivity index is 0.000000204. The van der Waals surface area contributed by atoms with E-state index < -0.39 is 23.6 Å². The van der Waals surface area contributed by atoms with Gasteiger partial charge < -0.3 is 30.3 Å². The smallest absolute Gasteiger partial charge is 0.337 e. The van der Waals surface area contributed by atoms with Gasteiger partial charge >= 0.3 is 11.9 Å². The average Bonchev–Trinajstić information content (AvgIpc) is 3.14. The van der Waals surface area contributed by atoms with Crippen molar-refractivity contribution in [2.75, 3.05) is 24.4 Å². The third-order valence-corrected chi connectivity index (χ3v) is 7.89. The minimum atomic E-state index is -1.20. The minimum Gasteiger partial charge on any atom is -0.497 e. The van der Waals surface area contributed by atoms with E-state index in [2.05, 4.69) is 20.6 Å². The van der Waals surface area contributed by atoms with E-state index in [1.54, 1.807) is 49.7 Å². The first-order valence-electron chi connectivity index (χ1n) is 16.4. The Labute approximate surface area is 304 Å². The van der Waals surface area contributed by atoms with E-state index in [0.29, 0.717) is 46.4 Å². The highest BCUT2D eigenvalue weighted by Crippen LogP contribution is 2.30. The van der Waals surface area contributed by atoms with Crippen LogP contribution in [-0.4, -0.2) is 45.8 Å². The van der Waals surface area contributed by atoms with Crippen LogP contribution in [0.3, 0.4) is 0 Å². The number of nitrogens with one attached hydrogen (secondary N) is 2. The predicted molar refractivity (Wildman–Crippen MR) is 200 cm³/mol. The van der Waals surface area contributed by atoms with Gasteiger partial charge in [-0.1, -0.05) is 23.8 Å². The molecule has 0 aliphatic carbocycles. The molecule has 0 saturated heterocycles. The topological polar surface area (TPSA) is 143 Å². The monoisotopic (exact) mass is 718 g/mol. The molecule has 6 rings (SSSR count). The number of aromatic nitrogens is 2. The van der Waals surface area contributed by atoms with E-state index in [4.69, 9.17) is 9.47 Å². The summed E-state index contributed by atoms with van der Waals surface area (Å²) >= 11 is 0. The Hall–Kier alpha value is -6.82. The lowest BCUT2D eigenvalue weighted by molar-refractivity contribution is 0.0687. The maximum atomic E-state index is 14.1. The second-order valence-corrected chi connectivity index (χ2v) is 11.7. The Morgan fingerprint density at radius 2 is 1.43 bits per heavy atom. The average molecular weight is 719 g/mol. The molecule has 0 fully saturated rings. The first-order chi connectivity index (χ1) is 25.4. The summed E-state index contributed by atoms with van der Waals surface area (Å²) in [6, 6.07) is 26.1. The molecule has 2 heterocycles. The number of methoxy groups -OCH3 is 1. The Kier molecular flexibility index (Phi) is 12.0. The van der Waals surface area contributed by atoms with Crippen LogP contribution in [0.15, 0.2) is 109 Å². The van der Waals surface area contributed by atoms with Crippen LogP contribution >= 0.6 is 0 Å². The zero-order chi connectivity index (χ0) is 38.1. The molecule has 12 heteroatoms. The number of ether oxygens (including phenoxy) is 2. The molecule has 0 aliphatic heterocycles. The number of rotatable bonds is 11. The van der Waals surface area contributed by atoms with Crippen LogP contribution in [0.25, 0.3) is 22.5 Å². The highest BCUT2D eigenvalue weighted by Gasteiger charge is 2.14. The van der Waals surface area contributed by atoms with E-state index in [9.17, 15) is 28.6 Å². The number of carboxylic acid groups (broad SMARTS) is 2. The Morgan fingerprint density at radius 3 is 2.09 bits per heavy atom. The molecule has 6 aromatic rings. The van der Waals surface area contributed by atoms with Gasteiger partial charge in [0.1, 0.15) is 23.1 Å². The lowest BCUT2D eigenvalue weighted by atomic mass is 10.1. The molecular weight excluding hydrogens is 682 g/mol. The lowest BCUT2D eigenvalue weighted by Crippen LogP contribution is -2.04. The molecule has 53 heavy (non-hydrogen) atoms. The number of hydrogen-bond acceptors (Lipinski definition) is 8. The van der Waals surface area contributed by atoms with E-state index in [1.165, 1.54) is 24.4 Å². The second-order valence-electron chi connectivity index (χ2n) is 11.7. The summed E-state index contributed by atoms with van der Waals surface area (Å²) in [6.45, 7) is 6.09. The van der Waals surface area contributed by atoms with Crippen molar-refractivity contribution >= 4 is 34.7 Å². The number of carboxylic acids is 2. The maximum Gasteiger partial charge on any atom is 0.337 e. The molecule has 0 amide bonds.